The summed E-state index contributed by atoms with van der Waals surface area (Å²) in [7, 11) is 0. The molecule has 0 atom stereocenters. The molecule has 1 rings (SSSR count). The lowest BCUT2D eigenvalue weighted by atomic mass is 10.2. The van der Waals surface area contributed by atoms with Crippen LogP contribution in [-0.2, 0) is 4.79 Å². The summed E-state index contributed by atoms with van der Waals surface area (Å²) < 4.78 is 39.5. The third-order valence-corrected chi connectivity index (χ3v) is 2.09. The lowest BCUT2D eigenvalue weighted by Crippen LogP contribution is -2.21. The van der Waals surface area contributed by atoms with Crippen LogP contribution in [0.15, 0.2) is 30.3 Å². The zero-order chi connectivity index (χ0) is 14.3. The highest BCUT2D eigenvalue weighted by molar-refractivity contribution is 5.91. The Morgan fingerprint density at radius 2 is 1.95 bits per heavy atom. The molecule has 0 aliphatic carbocycles. The van der Waals surface area contributed by atoms with Gasteiger partial charge in [0.15, 0.2) is 0 Å². The topological polar surface area (TPSA) is 38.3 Å². The predicted molar refractivity (Wildman–Crippen MR) is 65.5 cm³/mol. The van der Waals surface area contributed by atoms with E-state index in [0.717, 1.165) is 6.42 Å². The number of hydrogen-bond donors (Lipinski definition) is 1. The Labute approximate surface area is 109 Å². The van der Waals surface area contributed by atoms with E-state index in [2.05, 4.69) is 10.1 Å². The molecule has 0 aliphatic heterocycles. The molecule has 0 saturated carbocycles. The number of hydrogen-bond acceptors (Lipinski definition) is 2. The van der Waals surface area contributed by atoms with Gasteiger partial charge in [-0.25, -0.2) is 0 Å². The van der Waals surface area contributed by atoms with E-state index in [1.165, 1.54) is 36.4 Å². The van der Waals surface area contributed by atoms with E-state index in [1.807, 2.05) is 6.92 Å². The largest absolute Gasteiger partial charge is 0.573 e. The minimum absolute atomic E-state index is 0.238. The molecule has 0 heterocycles. The van der Waals surface area contributed by atoms with Crippen LogP contribution in [0.4, 0.5) is 13.2 Å². The summed E-state index contributed by atoms with van der Waals surface area (Å²) in [6, 6.07) is 5.25. The number of amides is 1. The van der Waals surface area contributed by atoms with Crippen LogP contribution in [0.1, 0.15) is 18.9 Å². The number of alkyl halides is 3. The molecular formula is C13H14F3NO2. The first-order valence-corrected chi connectivity index (χ1v) is 5.72. The second-order valence-corrected chi connectivity index (χ2v) is 3.74. The Balaban J connectivity index is 2.57. The highest BCUT2D eigenvalue weighted by Crippen LogP contribution is 2.22. The lowest BCUT2D eigenvalue weighted by Gasteiger charge is -2.08. The van der Waals surface area contributed by atoms with E-state index in [-0.39, 0.29) is 11.7 Å². The van der Waals surface area contributed by atoms with Crippen LogP contribution in [0, 0.1) is 0 Å². The SMILES string of the molecule is CCCNC(=O)/C=C/c1ccc(OC(F)(F)F)cc1. The van der Waals surface area contributed by atoms with E-state index >= 15 is 0 Å². The zero-order valence-corrected chi connectivity index (χ0v) is 10.3. The second-order valence-electron chi connectivity index (χ2n) is 3.74. The summed E-state index contributed by atoms with van der Waals surface area (Å²) in [6.45, 7) is 2.52. The summed E-state index contributed by atoms with van der Waals surface area (Å²) >= 11 is 0. The van der Waals surface area contributed by atoms with Crippen LogP contribution in [0.3, 0.4) is 0 Å². The van der Waals surface area contributed by atoms with Crippen molar-refractivity contribution < 1.29 is 22.7 Å². The van der Waals surface area contributed by atoms with E-state index in [1.54, 1.807) is 0 Å². The van der Waals surface area contributed by atoms with Crippen molar-refractivity contribution in [2.45, 2.75) is 19.7 Å². The molecule has 0 spiro atoms. The average Bonchev–Trinajstić information content (AvgIpc) is 2.33. The van der Waals surface area contributed by atoms with Gasteiger partial charge in [0.25, 0.3) is 0 Å². The van der Waals surface area contributed by atoms with Gasteiger partial charge in [-0.1, -0.05) is 19.1 Å². The average molecular weight is 273 g/mol. The van der Waals surface area contributed by atoms with Gasteiger partial charge in [0.05, 0.1) is 0 Å². The number of rotatable bonds is 5. The van der Waals surface area contributed by atoms with Crippen LogP contribution >= 0.6 is 0 Å². The molecule has 1 N–H and O–H groups in total. The first-order chi connectivity index (χ1) is 8.90. The fraction of sp³-hybridized carbons (Fsp3) is 0.308. The molecule has 1 aromatic carbocycles. The standard InChI is InChI=1S/C13H14F3NO2/c1-2-9-17-12(18)8-5-10-3-6-11(7-4-10)19-13(14,15)16/h3-8H,2,9H2,1H3,(H,17,18)/b8-5+. The Bertz CT molecular complexity index is 438. The van der Waals surface area contributed by atoms with Crippen molar-refractivity contribution in [3.63, 3.8) is 0 Å². The quantitative estimate of drug-likeness (QED) is 0.837. The Kier molecular flexibility index (Phi) is 5.41. The minimum Gasteiger partial charge on any atom is -0.406 e. The lowest BCUT2D eigenvalue weighted by molar-refractivity contribution is -0.274. The zero-order valence-electron chi connectivity index (χ0n) is 10.3. The summed E-state index contributed by atoms with van der Waals surface area (Å²) in [5.41, 5.74) is 0.612. The van der Waals surface area contributed by atoms with Gasteiger partial charge in [-0.05, 0) is 30.2 Å². The third-order valence-electron chi connectivity index (χ3n) is 2.09. The summed E-state index contributed by atoms with van der Waals surface area (Å²) in [5, 5.41) is 2.65. The molecule has 0 aliphatic rings. The molecule has 3 nitrogen and oxygen atoms in total. The smallest absolute Gasteiger partial charge is 0.406 e. The maximum Gasteiger partial charge on any atom is 0.573 e. The number of carbonyl (C=O) groups is 1. The maximum atomic E-state index is 11.9. The normalized spacial score (nSPS) is 11.6. The predicted octanol–water partition coefficient (Wildman–Crippen LogP) is 3.12. The number of carbonyl (C=O) groups excluding carboxylic acids is 1. The molecule has 0 radical (unpaired) electrons. The highest BCUT2D eigenvalue weighted by Gasteiger charge is 2.30. The number of benzene rings is 1. The molecule has 0 unspecified atom stereocenters. The molecular weight excluding hydrogens is 259 g/mol. The van der Waals surface area contributed by atoms with Gasteiger partial charge < -0.3 is 10.1 Å². The first-order valence-electron chi connectivity index (χ1n) is 5.72. The molecule has 104 valence electrons. The van der Waals surface area contributed by atoms with Gasteiger partial charge in [0.2, 0.25) is 5.91 Å². The highest BCUT2D eigenvalue weighted by atomic mass is 19.4. The molecule has 1 amide bonds. The number of halogens is 3. The van der Waals surface area contributed by atoms with Gasteiger partial charge in [-0.2, -0.15) is 0 Å². The number of ether oxygens (including phenoxy) is 1. The Morgan fingerprint density at radius 3 is 2.47 bits per heavy atom. The third kappa shape index (κ3) is 6.49. The van der Waals surface area contributed by atoms with Crippen molar-refractivity contribution in [3.05, 3.63) is 35.9 Å². The molecule has 0 bridgehead atoms. The van der Waals surface area contributed by atoms with Gasteiger partial charge in [-0.3, -0.25) is 4.79 Å². The summed E-state index contributed by atoms with van der Waals surface area (Å²) in [5.74, 6) is -0.530. The second kappa shape index (κ2) is 6.82. The van der Waals surface area contributed by atoms with Crippen LogP contribution in [0.5, 0.6) is 5.75 Å². The summed E-state index contributed by atoms with van der Waals surface area (Å²) in [4.78, 5) is 11.3. The van der Waals surface area contributed by atoms with Crippen LogP contribution < -0.4 is 10.1 Å². The Hall–Kier alpha value is -1.98. The minimum atomic E-state index is -4.70. The van der Waals surface area contributed by atoms with Gasteiger partial charge in [0.1, 0.15) is 5.75 Å². The monoisotopic (exact) mass is 273 g/mol. The van der Waals surface area contributed by atoms with Gasteiger partial charge in [-0.15, -0.1) is 13.2 Å². The molecule has 0 saturated heterocycles. The van der Waals surface area contributed by atoms with Crippen molar-refractivity contribution in [3.8, 4) is 5.75 Å². The van der Waals surface area contributed by atoms with Crippen LogP contribution in [-0.4, -0.2) is 18.8 Å². The van der Waals surface area contributed by atoms with E-state index < -0.39 is 6.36 Å². The van der Waals surface area contributed by atoms with Crippen molar-refractivity contribution in [1.82, 2.24) is 5.32 Å². The molecule has 6 heteroatoms. The Morgan fingerprint density at radius 1 is 1.32 bits per heavy atom. The molecule has 0 fully saturated rings. The fourth-order valence-electron chi connectivity index (χ4n) is 1.26. The number of nitrogens with one attached hydrogen (secondary N) is 1. The van der Waals surface area contributed by atoms with Gasteiger partial charge in [0, 0.05) is 12.6 Å². The van der Waals surface area contributed by atoms with Crippen molar-refractivity contribution >= 4 is 12.0 Å². The molecule has 0 aromatic heterocycles. The van der Waals surface area contributed by atoms with Crippen molar-refractivity contribution in [1.29, 1.82) is 0 Å². The first kappa shape index (κ1) is 15.1. The maximum absolute atomic E-state index is 11.9. The fourth-order valence-corrected chi connectivity index (χ4v) is 1.26. The summed E-state index contributed by atoms with van der Waals surface area (Å²) in [6.07, 6.45) is -1.02. The van der Waals surface area contributed by atoms with E-state index in [9.17, 15) is 18.0 Å². The van der Waals surface area contributed by atoms with Gasteiger partial charge >= 0.3 is 6.36 Å². The molecule has 1 aromatic rings. The van der Waals surface area contributed by atoms with E-state index in [4.69, 9.17) is 0 Å². The van der Waals surface area contributed by atoms with Crippen molar-refractivity contribution in [2.75, 3.05) is 6.54 Å². The molecule has 19 heavy (non-hydrogen) atoms. The van der Waals surface area contributed by atoms with Crippen molar-refractivity contribution in [2.24, 2.45) is 0 Å². The van der Waals surface area contributed by atoms with Crippen LogP contribution in [0.2, 0.25) is 0 Å². The van der Waals surface area contributed by atoms with Crippen LogP contribution in [0.25, 0.3) is 6.08 Å². The van der Waals surface area contributed by atoms with E-state index in [0.29, 0.717) is 12.1 Å².